The molecule has 134 valence electrons. The summed E-state index contributed by atoms with van der Waals surface area (Å²) in [6.07, 6.45) is 10.0. The maximum atomic E-state index is 13.0. The fourth-order valence-corrected chi connectivity index (χ4v) is 5.15. The number of ether oxygens (including phenoxy) is 1. The summed E-state index contributed by atoms with van der Waals surface area (Å²) < 4.78 is 6.05. The highest BCUT2D eigenvalue weighted by atomic mass is 16.5. The highest BCUT2D eigenvalue weighted by Crippen LogP contribution is 2.38. The number of fused-ring (bicyclic) bond motifs is 2. The van der Waals surface area contributed by atoms with Crippen LogP contribution in [0, 0.1) is 5.92 Å². The van der Waals surface area contributed by atoms with Crippen LogP contribution in [0.2, 0.25) is 0 Å². The second-order valence-corrected chi connectivity index (χ2v) is 7.75. The molecule has 4 atom stereocenters. The smallest absolute Gasteiger partial charge is 0.313 e. The molecule has 3 nitrogen and oxygen atoms in total. The molecule has 2 bridgehead atoms. The summed E-state index contributed by atoms with van der Waals surface area (Å²) >= 11 is 0. The maximum absolute atomic E-state index is 13.0. The van der Waals surface area contributed by atoms with E-state index >= 15 is 0 Å². The zero-order valence-electron chi connectivity index (χ0n) is 15.2. The van der Waals surface area contributed by atoms with Crippen molar-refractivity contribution < 1.29 is 9.53 Å². The summed E-state index contributed by atoms with van der Waals surface area (Å²) in [6.45, 7) is 3.37. The molecule has 0 N–H and O–H groups in total. The number of hydrogen-bond acceptors (Lipinski definition) is 3. The molecule has 0 amide bonds. The maximum Gasteiger partial charge on any atom is 0.313 e. The first-order valence-corrected chi connectivity index (χ1v) is 9.98. The van der Waals surface area contributed by atoms with E-state index in [-0.39, 0.29) is 18.0 Å². The van der Waals surface area contributed by atoms with Crippen molar-refractivity contribution in [2.24, 2.45) is 5.92 Å². The predicted molar refractivity (Wildman–Crippen MR) is 100 cm³/mol. The lowest BCUT2D eigenvalue weighted by Gasteiger charge is -2.38. The van der Waals surface area contributed by atoms with E-state index in [0.717, 1.165) is 38.6 Å². The van der Waals surface area contributed by atoms with Gasteiger partial charge in [0.1, 0.15) is 6.10 Å². The molecule has 0 radical (unpaired) electrons. The molecule has 2 heterocycles. The molecule has 0 saturated carbocycles. The summed E-state index contributed by atoms with van der Waals surface area (Å²) in [5.74, 6) is -0.0813. The second-order valence-electron chi connectivity index (χ2n) is 7.75. The highest BCUT2D eigenvalue weighted by molar-refractivity contribution is 5.89. The standard InChI is InChI=1S/C22H29NO2/c1-2-23-17-12-13-18(23)15-19(14-17)25-22(24)21-11-7-6-10-20(21)16-8-4-3-5-9-16/h3-5,8-10,17-19,21H,2,6-7,11-15H2,1H3/t17-,18+,19?,21?. The van der Waals surface area contributed by atoms with Crippen molar-refractivity contribution in [3.63, 3.8) is 0 Å². The van der Waals surface area contributed by atoms with Crippen LogP contribution in [-0.4, -0.2) is 35.6 Å². The van der Waals surface area contributed by atoms with Gasteiger partial charge in [-0.05, 0) is 49.8 Å². The van der Waals surface area contributed by atoms with Crippen LogP contribution in [-0.2, 0) is 9.53 Å². The normalized spacial score (nSPS) is 32.3. The van der Waals surface area contributed by atoms with E-state index in [2.05, 4.69) is 30.0 Å². The van der Waals surface area contributed by atoms with Crippen LogP contribution in [0.3, 0.4) is 0 Å². The fraction of sp³-hybridized carbons (Fsp3) is 0.591. The van der Waals surface area contributed by atoms with Crippen LogP contribution >= 0.6 is 0 Å². The minimum atomic E-state index is -0.0852. The first-order chi connectivity index (χ1) is 12.3. The number of nitrogens with zero attached hydrogens (tertiary/aromatic N) is 1. The highest BCUT2D eigenvalue weighted by Gasteiger charge is 2.41. The fourth-order valence-electron chi connectivity index (χ4n) is 5.15. The molecule has 1 aromatic rings. The summed E-state index contributed by atoms with van der Waals surface area (Å²) in [7, 11) is 0. The minimum absolute atomic E-state index is 0.00384. The van der Waals surface area contributed by atoms with Crippen LogP contribution in [0.5, 0.6) is 0 Å². The monoisotopic (exact) mass is 339 g/mol. The second kappa shape index (κ2) is 7.33. The number of piperidine rings is 1. The van der Waals surface area contributed by atoms with Crippen molar-refractivity contribution >= 4 is 11.5 Å². The Morgan fingerprint density at radius 3 is 2.52 bits per heavy atom. The number of esters is 1. The molecule has 3 heteroatoms. The topological polar surface area (TPSA) is 29.5 Å². The third kappa shape index (κ3) is 3.39. The van der Waals surface area contributed by atoms with E-state index in [1.807, 2.05) is 18.2 Å². The number of benzene rings is 1. The molecule has 2 unspecified atom stereocenters. The number of hydrogen-bond donors (Lipinski definition) is 0. The predicted octanol–water partition coefficient (Wildman–Crippen LogP) is 4.43. The number of carbonyl (C=O) groups is 1. The average Bonchev–Trinajstić information content (AvgIpc) is 2.91. The molecule has 2 saturated heterocycles. The van der Waals surface area contributed by atoms with Crippen molar-refractivity contribution in [2.75, 3.05) is 6.54 Å². The molecule has 2 fully saturated rings. The van der Waals surface area contributed by atoms with Gasteiger partial charge in [0.05, 0.1) is 5.92 Å². The van der Waals surface area contributed by atoms with Crippen molar-refractivity contribution in [2.45, 2.75) is 70.1 Å². The van der Waals surface area contributed by atoms with Gasteiger partial charge in [-0.2, -0.15) is 0 Å². The molecular weight excluding hydrogens is 310 g/mol. The first-order valence-electron chi connectivity index (χ1n) is 9.98. The van der Waals surface area contributed by atoms with E-state index in [0.29, 0.717) is 12.1 Å². The lowest BCUT2D eigenvalue weighted by molar-refractivity contribution is -0.155. The lowest BCUT2D eigenvalue weighted by Crippen LogP contribution is -2.46. The third-order valence-electron chi connectivity index (χ3n) is 6.32. The number of allylic oxidation sites excluding steroid dienone is 1. The average molecular weight is 339 g/mol. The van der Waals surface area contributed by atoms with Gasteiger partial charge in [-0.15, -0.1) is 0 Å². The summed E-state index contributed by atoms with van der Waals surface area (Å²) in [4.78, 5) is 15.6. The van der Waals surface area contributed by atoms with E-state index < -0.39 is 0 Å². The summed E-state index contributed by atoms with van der Waals surface area (Å²) in [5.41, 5.74) is 2.34. The van der Waals surface area contributed by atoms with Gasteiger partial charge >= 0.3 is 5.97 Å². The quantitative estimate of drug-likeness (QED) is 0.760. The van der Waals surface area contributed by atoms with Crippen LogP contribution in [0.1, 0.15) is 57.4 Å². The lowest BCUT2D eigenvalue weighted by atomic mass is 9.83. The molecule has 4 rings (SSSR count). The molecule has 0 aromatic heterocycles. The van der Waals surface area contributed by atoms with Crippen LogP contribution in [0.25, 0.3) is 5.57 Å². The number of rotatable bonds is 4. The summed E-state index contributed by atoms with van der Waals surface area (Å²) in [5, 5.41) is 0. The van der Waals surface area contributed by atoms with Crippen LogP contribution in [0.15, 0.2) is 36.4 Å². The Morgan fingerprint density at radius 2 is 1.84 bits per heavy atom. The van der Waals surface area contributed by atoms with Crippen molar-refractivity contribution in [3.8, 4) is 0 Å². The van der Waals surface area contributed by atoms with Gasteiger partial charge in [0.25, 0.3) is 0 Å². The van der Waals surface area contributed by atoms with Gasteiger partial charge in [0.15, 0.2) is 0 Å². The Balaban J connectivity index is 1.44. The summed E-state index contributed by atoms with van der Waals surface area (Å²) in [6, 6.07) is 11.6. The SMILES string of the molecule is CCN1[C@@H]2CC[C@H]1CC(OC(=O)C1CCCC=C1c1ccccc1)C2. The van der Waals surface area contributed by atoms with Gasteiger partial charge in [0.2, 0.25) is 0 Å². The van der Waals surface area contributed by atoms with E-state index in [1.54, 1.807) is 0 Å². The Kier molecular flexibility index (Phi) is 4.93. The largest absolute Gasteiger partial charge is 0.462 e. The first kappa shape index (κ1) is 16.8. The Bertz CT molecular complexity index is 625. The van der Waals surface area contributed by atoms with Crippen molar-refractivity contribution in [1.29, 1.82) is 0 Å². The Labute approximate surface area is 151 Å². The molecule has 1 aromatic carbocycles. The Morgan fingerprint density at radius 1 is 1.12 bits per heavy atom. The molecule has 1 aliphatic carbocycles. The van der Waals surface area contributed by atoms with Crippen molar-refractivity contribution in [1.82, 2.24) is 4.90 Å². The van der Waals surface area contributed by atoms with Crippen molar-refractivity contribution in [3.05, 3.63) is 42.0 Å². The third-order valence-corrected chi connectivity index (χ3v) is 6.32. The van der Waals surface area contributed by atoms with Gasteiger partial charge in [-0.1, -0.05) is 43.3 Å². The van der Waals surface area contributed by atoms with Gasteiger partial charge in [-0.3, -0.25) is 9.69 Å². The molecule has 0 spiro atoms. The van der Waals surface area contributed by atoms with Gasteiger partial charge < -0.3 is 4.74 Å². The van der Waals surface area contributed by atoms with E-state index in [4.69, 9.17) is 4.74 Å². The van der Waals surface area contributed by atoms with Crippen LogP contribution < -0.4 is 0 Å². The van der Waals surface area contributed by atoms with E-state index in [9.17, 15) is 4.79 Å². The van der Waals surface area contributed by atoms with Gasteiger partial charge in [-0.25, -0.2) is 0 Å². The minimum Gasteiger partial charge on any atom is -0.462 e. The van der Waals surface area contributed by atoms with E-state index in [1.165, 1.54) is 24.0 Å². The Hall–Kier alpha value is -1.61. The zero-order chi connectivity index (χ0) is 17.2. The molecule has 25 heavy (non-hydrogen) atoms. The zero-order valence-corrected chi connectivity index (χ0v) is 15.2. The molecular formula is C22H29NO2. The number of carbonyl (C=O) groups excluding carboxylic acids is 1. The van der Waals surface area contributed by atoms with Crippen LogP contribution in [0.4, 0.5) is 0 Å². The molecule has 3 aliphatic rings. The van der Waals surface area contributed by atoms with Gasteiger partial charge in [0, 0.05) is 24.9 Å². The molecule has 2 aliphatic heterocycles.